The van der Waals surface area contributed by atoms with Crippen LogP contribution < -0.4 is 10.6 Å². The number of hydrogen-bond donors (Lipinski definition) is 3. The molecule has 4 aliphatic carbocycles. The second-order valence-corrected chi connectivity index (χ2v) is 11.8. The number of carbonyl (C=O) groups excluding carboxylic acids is 3. The fourth-order valence-corrected chi connectivity index (χ4v) is 7.28. The van der Waals surface area contributed by atoms with E-state index in [0.717, 1.165) is 42.6 Å². The number of ketones is 1. The van der Waals surface area contributed by atoms with Crippen molar-refractivity contribution in [2.24, 2.45) is 29.1 Å². The normalized spacial score (nSPS) is 28.4. The molecule has 4 fully saturated rings. The van der Waals surface area contributed by atoms with E-state index >= 15 is 0 Å². The van der Waals surface area contributed by atoms with Gasteiger partial charge in [0, 0.05) is 12.8 Å². The molecule has 2 atom stereocenters. The van der Waals surface area contributed by atoms with Gasteiger partial charge in [-0.3, -0.25) is 14.4 Å². The highest BCUT2D eigenvalue weighted by atomic mass is 16.4. The van der Waals surface area contributed by atoms with Gasteiger partial charge in [0.2, 0.25) is 11.8 Å². The maximum absolute atomic E-state index is 13.2. The van der Waals surface area contributed by atoms with E-state index in [1.807, 2.05) is 19.9 Å². The first-order valence-corrected chi connectivity index (χ1v) is 13.0. The molecule has 5 rings (SSSR count). The van der Waals surface area contributed by atoms with Crippen LogP contribution in [0.2, 0.25) is 0 Å². The van der Waals surface area contributed by atoms with E-state index in [1.165, 1.54) is 19.3 Å². The van der Waals surface area contributed by atoms with Crippen molar-refractivity contribution in [3.05, 3.63) is 35.9 Å². The van der Waals surface area contributed by atoms with Crippen LogP contribution in [-0.4, -0.2) is 40.8 Å². The van der Waals surface area contributed by atoms with Crippen molar-refractivity contribution in [1.82, 2.24) is 10.6 Å². The Hall–Kier alpha value is -2.70. The Balaban J connectivity index is 1.42. The van der Waals surface area contributed by atoms with E-state index in [-0.39, 0.29) is 23.7 Å². The Labute approximate surface area is 207 Å². The van der Waals surface area contributed by atoms with Crippen molar-refractivity contribution in [3.8, 4) is 0 Å². The molecule has 0 aliphatic heterocycles. The van der Waals surface area contributed by atoms with Crippen molar-refractivity contribution in [1.29, 1.82) is 0 Å². The number of carboxylic acid groups (broad SMARTS) is 1. The van der Waals surface area contributed by atoms with Crippen LogP contribution in [0.25, 0.3) is 0 Å². The van der Waals surface area contributed by atoms with Gasteiger partial charge in [-0.05, 0) is 79.6 Å². The molecule has 0 saturated heterocycles. The second-order valence-electron chi connectivity index (χ2n) is 11.8. The quantitative estimate of drug-likeness (QED) is 0.418. The SMILES string of the molecule is CC(C)C[C@H](NC(=O)CC12CC3CC(CC(C3)C1)C2)C(=O)N[C@@H](Cc1ccccc1)C(=O)C(=O)O. The first kappa shape index (κ1) is 25.4. The van der Waals surface area contributed by atoms with Crippen LogP contribution in [0.3, 0.4) is 0 Å². The highest BCUT2D eigenvalue weighted by molar-refractivity contribution is 6.35. The minimum atomic E-state index is -1.59. The number of hydrogen-bond acceptors (Lipinski definition) is 4. The maximum Gasteiger partial charge on any atom is 0.374 e. The summed E-state index contributed by atoms with van der Waals surface area (Å²) in [6, 6.07) is 6.99. The maximum atomic E-state index is 13.2. The van der Waals surface area contributed by atoms with Gasteiger partial charge in [-0.1, -0.05) is 44.2 Å². The van der Waals surface area contributed by atoms with Crippen LogP contribution in [0.1, 0.15) is 70.8 Å². The third-order valence-electron chi connectivity index (χ3n) is 8.19. The van der Waals surface area contributed by atoms with Gasteiger partial charge in [0.25, 0.3) is 5.78 Å². The molecule has 0 spiro atoms. The van der Waals surface area contributed by atoms with Crippen LogP contribution >= 0.6 is 0 Å². The lowest BCUT2D eigenvalue weighted by molar-refractivity contribution is -0.150. The predicted molar refractivity (Wildman–Crippen MR) is 131 cm³/mol. The lowest BCUT2D eigenvalue weighted by Gasteiger charge is -2.56. The van der Waals surface area contributed by atoms with Crippen LogP contribution in [0.5, 0.6) is 0 Å². The molecule has 0 aromatic heterocycles. The Morgan fingerprint density at radius 2 is 1.49 bits per heavy atom. The van der Waals surface area contributed by atoms with Crippen molar-refractivity contribution in [3.63, 3.8) is 0 Å². The molecule has 3 N–H and O–H groups in total. The molecule has 4 bridgehead atoms. The summed E-state index contributed by atoms with van der Waals surface area (Å²) in [6.07, 6.45) is 8.18. The molecule has 35 heavy (non-hydrogen) atoms. The summed E-state index contributed by atoms with van der Waals surface area (Å²) in [7, 11) is 0. The second kappa shape index (κ2) is 10.5. The lowest BCUT2D eigenvalue weighted by Crippen LogP contribution is -2.54. The van der Waals surface area contributed by atoms with Gasteiger partial charge in [-0.15, -0.1) is 0 Å². The monoisotopic (exact) mass is 482 g/mol. The molecule has 7 nitrogen and oxygen atoms in total. The average molecular weight is 483 g/mol. The molecule has 1 aromatic carbocycles. The summed E-state index contributed by atoms with van der Waals surface area (Å²) in [4.78, 5) is 50.2. The number of Topliss-reactive ketones (excluding diaryl/α,β-unsaturated/α-hetero) is 1. The smallest absolute Gasteiger partial charge is 0.374 e. The molecule has 190 valence electrons. The predicted octanol–water partition coefficient (Wildman–Crippen LogP) is 3.51. The van der Waals surface area contributed by atoms with Crippen LogP contribution in [-0.2, 0) is 25.6 Å². The van der Waals surface area contributed by atoms with E-state index in [0.29, 0.717) is 12.8 Å². The average Bonchev–Trinajstić information content (AvgIpc) is 2.76. The van der Waals surface area contributed by atoms with E-state index in [4.69, 9.17) is 0 Å². The number of rotatable bonds is 11. The van der Waals surface area contributed by atoms with E-state index in [1.54, 1.807) is 24.3 Å². The van der Waals surface area contributed by atoms with Crippen LogP contribution in [0.4, 0.5) is 0 Å². The summed E-state index contributed by atoms with van der Waals surface area (Å²) in [5.74, 6) is -0.917. The molecule has 7 heteroatoms. The fourth-order valence-electron chi connectivity index (χ4n) is 7.28. The molecule has 1 aromatic rings. The van der Waals surface area contributed by atoms with Crippen LogP contribution in [0, 0.1) is 29.1 Å². The summed E-state index contributed by atoms with van der Waals surface area (Å²) in [5, 5.41) is 14.9. The van der Waals surface area contributed by atoms with Crippen LogP contribution in [0.15, 0.2) is 30.3 Å². The molecular formula is C28H38N2O5. The Morgan fingerprint density at radius 3 is 2.00 bits per heavy atom. The van der Waals surface area contributed by atoms with E-state index in [9.17, 15) is 24.3 Å². The van der Waals surface area contributed by atoms with Gasteiger partial charge < -0.3 is 15.7 Å². The summed E-state index contributed by atoms with van der Waals surface area (Å²) in [6.45, 7) is 3.94. The van der Waals surface area contributed by atoms with E-state index in [2.05, 4.69) is 10.6 Å². The first-order valence-electron chi connectivity index (χ1n) is 13.0. The fraction of sp³-hybridized carbons (Fsp3) is 0.643. The summed E-state index contributed by atoms with van der Waals surface area (Å²) < 4.78 is 0. The standard InChI is InChI=1S/C28H38N2O5/c1-17(2)8-23(26(33)30-22(25(32)27(34)35)12-18-6-4-3-5-7-18)29-24(31)16-28-13-19-9-20(14-28)11-21(10-19)15-28/h3-7,17,19-23H,8-16H2,1-2H3,(H,29,31)(H,30,33)(H,34,35)/t19?,20?,21?,22-,23-,28?/m0/s1. The number of amides is 2. The number of carboxylic acids is 1. The largest absolute Gasteiger partial charge is 0.475 e. The van der Waals surface area contributed by atoms with E-state index < -0.39 is 29.7 Å². The highest BCUT2D eigenvalue weighted by Gasteiger charge is 2.51. The van der Waals surface area contributed by atoms with Crippen molar-refractivity contribution >= 4 is 23.6 Å². The van der Waals surface area contributed by atoms with Gasteiger partial charge >= 0.3 is 5.97 Å². The third-order valence-corrected chi connectivity index (χ3v) is 8.19. The molecule has 4 saturated carbocycles. The molecule has 4 aliphatic rings. The lowest BCUT2D eigenvalue weighted by atomic mass is 9.49. The zero-order valence-electron chi connectivity index (χ0n) is 20.8. The highest BCUT2D eigenvalue weighted by Crippen LogP contribution is 2.61. The van der Waals surface area contributed by atoms with Gasteiger partial charge in [-0.2, -0.15) is 0 Å². The minimum absolute atomic E-state index is 0.0623. The Bertz CT molecular complexity index is 922. The Kier molecular flexibility index (Phi) is 7.62. The number of carbonyl (C=O) groups is 4. The third kappa shape index (κ3) is 6.30. The minimum Gasteiger partial charge on any atom is -0.475 e. The zero-order valence-corrected chi connectivity index (χ0v) is 20.8. The molecule has 0 heterocycles. The summed E-state index contributed by atoms with van der Waals surface area (Å²) >= 11 is 0. The van der Waals surface area contributed by atoms with Gasteiger partial charge in [0.15, 0.2) is 0 Å². The first-order chi connectivity index (χ1) is 16.6. The zero-order chi connectivity index (χ0) is 25.2. The van der Waals surface area contributed by atoms with Gasteiger partial charge in [-0.25, -0.2) is 4.79 Å². The van der Waals surface area contributed by atoms with Crippen molar-refractivity contribution in [2.45, 2.75) is 83.7 Å². The van der Waals surface area contributed by atoms with Crippen molar-refractivity contribution in [2.75, 3.05) is 0 Å². The topological polar surface area (TPSA) is 113 Å². The van der Waals surface area contributed by atoms with Crippen molar-refractivity contribution < 1.29 is 24.3 Å². The molecule has 2 amide bonds. The number of aliphatic carboxylic acids is 1. The molecular weight excluding hydrogens is 444 g/mol. The van der Waals surface area contributed by atoms with Gasteiger partial charge in [0.05, 0.1) is 0 Å². The summed E-state index contributed by atoms with van der Waals surface area (Å²) in [5.41, 5.74) is 0.811. The molecule has 0 radical (unpaired) electrons. The number of nitrogens with one attached hydrogen (secondary N) is 2. The Morgan fingerprint density at radius 1 is 0.914 bits per heavy atom. The number of benzene rings is 1. The van der Waals surface area contributed by atoms with Gasteiger partial charge in [0.1, 0.15) is 12.1 Å². The molecule has 0 unspecified atom stereocenters.